The summed E-state index contributed by atoms with van der Waals surface area (Å²) in [4.78, 5) is 13.6. The number of hydrogen-bond donors (Lipinski definition) is 3. The smallest absolute Gasteiger partial charge is 0.254 e. The molecule has 1 heterocycles. The monoisotopic (exact) mass is 250 g/mol. The van der Waals surface area contributed by atoms with Gasteiger partial charge in [0.1, 0.15) is 5.75 Å². The van der Waals surface area contributed by atoms with Crippen molar-refractivity contribution in [2.24, 2.45) is 0 Å². The molecule has 1 aromatic carbocycles. The Morgan fingerprint density at radius 3 is 2.72 bits per heavy atom. The molecule has 0 unspecified atom stereocenters. The SMILES string of the molecule is CCCC1(O)CN(C(=O)c2ccc(N)c(O)c2)C1. The van der Waals surface area contributed by atoms with Crippen LogP contribution in [-0.4, -0.2) is 39.7 Å². The average molecular weight is 250 g/mol. The highest BCUT2D eigenvalue weighted by Crippen LogP contribution is 2.28. The maximum absolute atomic E-state index is 12.0. The molecular weight excluding hydrogens is 232 g/mol. The van der Waals surface area contributed by atoms with Crippen LogP contribution in [-0.2, 0) is 0 Å². The number of phenols is 1. The lowest BCUT2D eigenvalue weighted by Crippen LogP contribution is -2.63. The second-order valence-corrected chi connectivity index (χ2v) is 4.91. The number of carbonyl (C=O) groups is 1. The van der Waals surface area contributed by atoms with Crippen molar-refractivity contribution in [1.82, 2.24) is 4.90 Å². The molecular formula is C13H18N2O3. The summed E-state index contributed by atoms with van der Waals surface area (Å²) in [5, 5.41) is 19.5. The Morgan fingerprint density at radius 2 is 2.17 bits per heavy atom. The quantitative estimate of drug-likeness (QED) is 0.551. The first-order chi connectivity index (χ1) is 8.45. The molecule has 2 rings (SSSR count). The van der Waals surface area contributed by atoms with Gasteiger partial charge < -0.3 is 20.8 Å². The fraction of sp³-hybridized carbons (Fsp3) is 0.462. The molecule has 0 aromatic heterocycles. The third-order valence-corrected chi connectivity index (χ3v) is 3.25. The molecule has 98 valence electrons. The molecule has 0 aliphatic carbocycles. The Bertz CT molecular complexity index is 467. The predicted molar refractivity (Wildman–Crippen MR) is 68.3 cm³/mol. The number of aromatic hydroxyl groups is 1. The summed E-state index contributed by atoms with van der Waals surface area (Å²) in [5.74, 6) is -0.281. The van der Waals surface area contributed by atoms with E-state index in [1.54, 1.807) is 11.0 Å². The number of anilines is 1. The number of nitrogen functional groups attached to an aromatic ring is 1. The van der Waals surface area contributed by atoms with Crippen LogP contribution >= 0.6 is 0 Å². The lowest BCUT2D eigenvalue weighted by Gasteiger charge is -2.46. The lowest BCUT2D eigenvalue weighted by molar-refractivity contribution is -0.0860. The van der Waals surface area contributed by atoms with Crippen LogP contribution in [0.2, 0.25) is 0 Å². The molecule has 1 fully saturated rings. The zero-order valence-electron chi connectivity index (χ0n) is 10.4. The molecule has 0 radical (unpaired) electrons. The van der Waals surface area contributed by atoms with Crippen molar-refractivity contribution in [2.75, 3.05) is 18.8 Å². The zero-order chi connectivity index (χ0) is 13.3. The van der Waals surface area contributed by atoms with Gasteiger partial charge in [0.25, 0.3) is 5.91 Å². The molecule has 0 spiro atoms. The van der Waals surface area contributed by atoms with Gasteiger partial charge in [-0.05, 0) is 24.6 Å². The number of amides is 1. The minimum atomic E-state index is -0.736. The van der Waals surface area contributed by atoms with Gasteiger partial charge in [0.15, 0.2) is 0 Å². The van der Waals surface area contributed by atoms with Gasteiger partial charge in [-0.15, -0.1) is 0 Å². The number of benzene rings is 1. The Kier molecular flexibility index (Phi) is 3.17. The van der Waals surface area contributed by atoms with Crippen molar-refractivity contribution >= 4 is 11.6 Å². The van der Waals surface area contributed by atoms with Gasteiger partial charge in [0.05, 0.1) is 24.4 Å². The number of phenolic OH excluding ortho intramolecular Hbond substituents is 1. The maximum atomic E-state index is 12.0. The largest absolute Gasteiger partial charge is 0.506 e. The Hall–Kier alpha value is -1.75. The van der Waals surface area contributed by atoms with E-state index in [1.807, 2.05) is 6.92 Å². The number of likely N-dealkylation sites (tertiary alicyclic amines) is 1. The van der Waals surface area contributed by atoms with Crippen LogP contribution in [0, 0.1) is 0 Å². The highest BCUT2D eigenvalue weighted by Gasteiger charge is 2.42. The number of rotatable bonds is 3. The van der Waals surface area contributed by atoms with Crippen molar-refractivity contribution in [1.29, 1.82) is 0 Å². The van der Waals surface area contributed by atoms with Gasteiger partial charge in [-0.2, -0.15) is 0 Å². The first kappa shape index (κ1) is 12.7. The van der Waals surface area contributed by atoms with Crippen LogP contribution < -0.4 is 5.73 Å². The van der Waals surface area contributed by atoms with Crippen LogP contribution in [0.1, 0.15) is 30.1 Å². The van der Waals surface area contributed by atoms with Crippen molar-refractivity contribution in [3.8, 4) is 5.75 Å². The highest BCUT2D eigenvalue weighted by atomic mass is 16.3. The number of carbonyl (C=O) groups excluding carboxylic acids is 1. The minimum Gasteiger partial charge on any atom is -0.506 e. The minimum absolute atomic E-state index is 0.0924. The summed E-state index contributed by atoms with van der Waals surface area (Å²) < 4.78 is 0. The fourth-order valence-corrected chi connectivity index (χ4v) is 2.29. The molecule has 0 saturated carbocycles. The molecule has 18 heavy (non-hydrogen) atoms. The topological polar surface area (TPSA) is 86.8 Å². The molecule has 1 amide bonds. The third kappa shape index (κ3) is 2.26. The van der Waals surface area contributed by atoms with Crippen molar-refractivity contribution in [3.05, 3.63) is 23.8 Å². The Morgan fingerprint density at radius 1 is 1.50 bits per heavy atom. The lowest BCUT2D eigenvalue weighted by atomic mass is 9.88. The van der Waals surface area contributed by atoms with Crippen molar-refractivity contribution in [3.63, 3.8) is 0 Å². The van der Waals surface area contributed by atoms with E-state index in [9.17, 15) is 15.0 Å². The van der Waals surface area contributed by atoms with Crippen molar-refractivity contribution < 1.29 is 15.0 Å². The van der Waals surface area contributed by atoms with E-state index in [2.05, 4.69) is 0 Å². The molecule has 0 bridgehead atoms. The molecule has 5 heteroatoms. The summed E-state index contributed by atoms with van der Waals surface area (Å²) in [7, 11) is 0. The van der Waals surface area contributed by atoms with E-state index < -0.39 is 5.60 Å². The van der Waals surface area contributed by atoms with Crippen LogP contribution in [0.5, 0.6) is 5.75 Å². The second kappa shape index (κ2) is 4.49. The Balaban J connectivity index is 2.03. The second-order valence-electron chi connectivity index (χ2n) is 4.91. The average Bonchev–Trinajstić information content (AvgIpc) is 2.29. The summed E-state index contributed by atoms with van der Waals surface area (Å²) in [6.45, 7) is 2.70. The predicted octanol–water partition coefficient (Wildman–Crippen LogP) is 0.961. The number of nitrogens with two attached hydrogens (primary N) is 1. The first-order valence-corrected chi connectivity index (χ1v) is 6.05. The fourth-order valence-electron chi connectivity index (χ4n) is 2.29. The number of aliphatic hydroxyl groups is 1. The maximum Gasteiger partial charge on any atom is 0.254 e. The molecule has 4 N–H and O–H groups in total. The first-order valence-electron chi connectivity index (χ1n) is 6.05. The van der Waals surface area contributed by atoms with E-state index in [1.165, 1.54) is 12.1 Å². The van der Waals surface area contributed by atoms with Crippen LogP contribution in [0.3, 0.4) is 0 Å². The number of nitrogens with zero attached hydrogens (tertiary/aromatic N) is 1. The van der Waals surface area contributed by atoms with Crippen LogP contribution in [0.15, 0.2) is 18.2 Å². The summed E-state index contributed by atoms with van der Waals surface area (Å²) in [6.07, 6.45) is 1.59. The molecule has 1 aromatic rings. The van der Waals surface area contributed by atoms with Gasteiger partial charge in [-0.1, -0.05) is 13.3 Å². The van der Waals surface area contributed by atoms with Gasteiger partial charge in [0, 0.05) is 5.56 Å². The Labute approximate surface area is 106 Å². The van der Waals surface area contributed by atoms with E-state index in [0.29, 0.717) is 25.1 Å². The molecule has 5 nitrogen and oxygen atoms in total. The summed E-state index contributed by atoms with van der Waals surface area (Å²) >= 11 is 0. The number of hydrogen-bond acceptors (Lipinski definition) is 4. The van der Waals surface area contributed by atoms with E-state index in [0.717, 1.165) is 6.42 Å². The van der Waals surface area contributed by atoms with E-state index in [-0.39, 0.29) is 17.3 Å². The molecule has 1 aliphatic heterocycles. The molecule has 1 aliphatic rings. The zero-order valence-corrected chi connectivity index (χ0v) is 10.4. The van der Waals surface area contributed by atoms with Crippen LogP contribution in [0.25, 0.3) is 0 Å². The van der Waals surface area contributed by atoms with Gasteiger partial charge >= 0.3 is 0 Å². The molecule has 0 atom stereocenters. The van der Waals surface area contributed by atoms with Gasteiger partial charge in [-0.3, -0.25) is 4.79 Å². The normalized spacial score (nSPS) is 17.3. The summed E-state index contributed by atoms with van der Waals surface area (Å²) in [6, 6.07) is 4.43. The van der Waals surface area contributed by atoms with E-state index in [4.69, 9.17) is 5.73 Å². The third-order valence-electron chi connectivity index (χ3n) is 3.25. The van der Waals surface area contributed by atoms with Gasteiger partial charge in [-0.25, -0.2) is 0 Å². The highest BCUT2D eigenvalue weighted by molar-refractivity contribution is 5.95. The molecule has 1 saturated heterocycles. The van der Waals surface area contributed by atoms with Crippen molar-refractivity contribution in [2.45, 2.75) is 25.4 Å². The van der Waals surface area contributed by atoms with Crippen LogP contribution in [0.4, 0.5) is 5.69 Å². The van der Waals surface area contributed by atoms with E-state index >= 15 is 0 Å². The number of β-amino-alcohol motifs (C(OH)–C–C–N with tert-alkyl or cyclic N) is 1. The summed E-state index contributed by atoms with van der Waals surface area (Å²) in [5.41, 5.74) is 5.38. The standard InChI is InChI=1S/C13H18N2O3/c1-2-5-13(18)7-15(8-13)12(17)9-3-4-10(14)11(16)6-9/h3-4,6,16,18H,2,5,7-8,14H2,1H3. The van der Waals surface area contributed by atoms with Gasteiger partial charge in [0.2, 0.25) is 0 Å².